The lowest BCUT2D eigenvalue weighted by atomic mass is 10.2. The number of aryl methyl sites for hydroxylation is 1. The molecule has 154 valence electrons. The Morgan fingerprint density at radius 1 is 1.19 bits per heavy atom. The van der Waals surface area contributed by atoms with Crippen molar-refractivity contribution in [1.29, 1.82) is 0 Å². The van der Waals surface area contributed by atoms with Crippen molar-refractivity contribution in [3.8, 4) is 0 Å². The lowest BCUT2D eigenvalue weighted by molar-refractivity contribution is -0.137. The fourth-order valence-electron chi connectivity index (χ4n) is 3.02. The van der Waals surface area contributed by atoms with Gasteiger partial charge >= 0.3 is 5.97 Å². The average Bonchev–Trinajstić information content (AvgIpc) is 3.09. The van der Waals surface area contributed by atoms with Crippen LogP contribution >= 0.6 is 0 Å². The molecule has 0 radical (unpaired) electrons. The second-order valence-corrected chi connectivity index (χ2v) is 7.23. The third kappa shape index (κ3) is 10.1. The zero-order valence-electron chi connectivity index (χ0n) is 17.1. The quantitative estimate of drug-likeness (QED) is 0.456. The number of carboxylic acid groups (broad SMARTS) is 1. The molecule has 0 spiro atoms. The Morgan fingerprint density at radius 3 is 2.37 bits per heavy atom. The van der Waals surface area contributed by atoms with E-state index in [0.717, 1.165) is 19.6 Å². The van der Waals surface area contributed by atoms with Gasteiger partial charge in [-0.2, -0.15) is 5.10 Å². The topological polar surface area (TPSA) is 87.5 Å². The highest BCUT2D eigenvalue weighted by molar-refractivity contribution is 5.93. The number of carboxylic acids is 1. The van der Waals surface area contributed by atoms with Crippen molar-refractivity contribution in [2.45, 2.75) is 78.3 Å². The highest BCUT2D eigenvalue weighted by Gasteiger charge is 2.15. The number of nitrogens with zero attached hydrogens (tertiary/aromatic N) is 3. The number of unbranched alkanes of at least 4 members (excludes halogenated alkanes) is 4. The molecule has 1 amide bonds. The summed E-state index contributed by atoms with van der Waals surface area (Å²) in [6.45, 7) is 9.70. The summed E-state index contributed by atoms with van der Waals surface area (Å²) in [7, 11) is 0. The van der Waals surface area contributed by atoms with Gasteiger partial charge in [-0.25, -0.2) is 0 Å². The molecule has 7 heteroatoms. The van der Waals surface area contributed by atoms with Crippen LogP contribution in [0.25, 0.3) is 0 Å². The van der Waals surface area contributed by atoms with Crippen molar-refractivity contribution in [3.05, 3.63) is 18.0 Å². The van der Waals surface area contributed by atoms with Gasteiger partial charge in [0.15, 0.2) is 0 Å². The molecule has 1 unspecified atom stereocenters. The summed E-state index contributed by atoms with van der Waals surface area (Å²) in [6.07, 6.45) is 10.4. The van der Waals surface area contributed by atoms with E-state index in [9.17, 15) is 9.59 Å². The van der Waals surface area contributed by atoms with Gasteiger partial charge in [0.2, 0.25) is 0 Å². The minimum Gasteiger partial charge on any atom is -0.481 e. The van der Waals surface area contributed by atoms with Crippen LogP contribution in [0.4, 0.5) is 0 Å². The predicted molar refractivity (Wildman–Crippen MR) is 107 cm³/mol. The van der Waals surface area contributed by atoms with Gasteiger partial charge in [0, 0.05) is 18.8 Å². The van der Waals surface area contributed by atoms with Crippen molar-refractivity contribution in [3.63, 3.8) is 0 Å². The number of rotatable bonds is 15. The summed E-state index contributed by atoms with van der Waals surface area (Å²) >= 11 is 0. The SMILES string of the molecule is CCCCCN(CCCCC)CC(C)NC(=O)c1cnn(CCC(=O)O)c1. The van der Waals surface area contributed by atoms with Gasteiger partial charge in [0.1, 0.15) is 0 Å². The molecule has 0 aliphatic rings. The van der Waals surface area contributed by atoms with E-state index in [1.54, 1.807) is 6.20 Å². The number of carbonyl (C=O) groups is 2. The number of amides is 1. The molecule has 2 N–H and O–H groups in total. The van der Waals surface area contributed by atoms with Crippen LogP contribution in [0.15, 0.2) is 12.4 Å². The van der Waals surface area contributed by atoms with E-state index in [2.05, 4.69) is 29.2 Å². The molecule has 0 fully saturated rings. The van der Waals surface area contributed by atoms with Crippen LogP contribution < -0.4 is 5.32 Å². The largest absolute Gasteiger partial charge is 0.481 e. The molecular formula is C20H36N4O3. The molecule has 1 aromatic rings. The highest BCUT2D eigenvalue weighted by Crippen LogP contribution is 2.05. The highest BCUT2D eigenvalue weighted by atomic mass is 16.4. The minimum absolute atomic E-state index is 0.0103. The number of aliphatic carboxylic acids is 1. The predicted octanol–water partition coefficient (Wildman–Crippen LogP) is 3.16. The molecule has 0 aromatic carbocycles. The van der Waals surface area contributed by atoms with Crippen LogP contribution in [0.2, 0.25) is 0 Å². The Bertz CT molecular complexity index is 549. The third-order valence-corrected chi connectivity index (χ3v) is 4.52. The van der Waals surface area contributed by atoms with Gasteiger partial charge in [0.05, 0.1) is 24.7 Å². The first-order chi connectivity index (χ1) is 13.0. The zero-order valence-corrected chi connectivity index (χ0v) is 17.1. The van der Waals surface area contributed by atoms with Crippen LogP contribution in [0.3, 0.4) is 0 Å². The smallest absolute Gasteiger partial charge is 0.305 e. The molecule has 0 saturated heterocycles. The Kier molecular flexibility index (Phi) is 11.4. The first-order valence-corrected chi connectivity index (χ1v) is 10.2. The van der Waals surface area contributed by atoms with Crippen LogP contribution in [0.1, 0.15) is 76.1 Å². The van der Waals surface area contributed by atoms with Crippen molar-refractivity contribution in [2.75, 3.05) is 19.6 Å². The van der Waals surface area contributed by atoms with Gasteiger partial charge in [-0.1, -0.05) is 39.5 Å². The Morgan fingerprint density at radius 2 is 1.81 bits per heavy atom. The van der Waals surface area contributed by atoms with Crippen LogP contribution in [0, 0.1) is 0 Å². The first-order valence-electron chi connectivity index (χ1n) is 10.2. The maximum atomic E-state index is 12.4. The second kappa shape index (κ2) is 13.3. The van der Waals surface area contributed by atoms with Crippen LogP contribution in [0.5, 0.6) is 0 Å². The van der Waals surface area contributed by atoms with E-state index in [1.165, 1.54) is 49.4 Å². The first kappa shape index (κ1) is 23.1. The van der Waals surface area contributed by atoms with E-state index >= 15 is 0 Å². The number of aromatic nitrogens is 2. The number of carbonyl (C=O) groups excluding carboxylic acids is 1. The van der Waals surface area contributed by atoms with E-state index in [4.69, 9.17) is 5.11 Å². The van der Waals surface area contributed by atoms with Crippen LogP contribution in [-0.2, 0) is 11.3 Å². The minimum atomic E-state index is -0.878. The molecule has 0 bridgehead atoms. The molecule has 1 heterocycles. The molecular weight excluding hydrogens is 344 g/mol. The van der Waals surface area contributed by atoms with Gasteiger partial charge < -0.3 is 15.3 Å². The van der Waals surface area contributed by atoms with Gasteiger partial charge in [0.25, 0.3) is 5.91 Å². The molecule has 7 nitrogen and oxygen atoms in total. The maximum absolute atomic E-state index is 12.4. The molecule has 1 atom stereocenters. The van der Waals surface area contributed by atoms with E-state index in [0.29, 0.717) is 5.56 Å². The molecule has 27 heavy (non-hydrogen) atoms. The fourth-order valence-corrected chi connectivity index (χ4v) is 3.02. The summed E-state index contributed by atoms with van der Waals surface area (Å²) in [5.74, 6) is -1.04. The summed E-state index contributed by atoms with van der Waals surface area (Å²) in [5.41, 5.74) is 0.468. The monoisotopic (exact) mass is 380 g/mol. The normalized spacial score (nSPS) is 12.3. The Labute approximate surface area is 163 Å². The summed E-state index contributed by atoms with van der Waals surface area (Å²) < 4.78 is 1.50. The third-order valence-electron chi connectivity index (χ3n) is 4.52. The average molecular weight is 381 g/mol. The summed E-state index contributed by atoms with van der Waals surface area (Å²) in [6, 6.07) is 0.0446. The molecule has 0 aliphatic heterocycles. The van der Waals surface area contributed by atoms with E-state index in [1.807, 2.05) is 6.92 Å². The van der Waals surface area contributed by atoms with Crippen molar-refractivity contribution >= 4 is 11.9 Å². The Balaban J connectivity index is 2.49. The van der Waals surface area contributed by atoms with E-state index in [-0.39, 0.29) is 24.9 Å². The summed E-state index contributed by atoms with van der Waals surface area (Å²) in [4.78, 5) is 25.5. The van der Waals surface area contributed by atoms with Crippen LogP contribution in [-0.4, -0.2) is 57.3 Å². The van der Waals surface area contributed by atoms with Gasteiger partial charge in [-0.05, 0) is 32.9 Å². The summed E-state index contributed by atoms with van der Waals surface area (Å²) in [5, 5.41) is 15.8. The molecule has 1 rings (SSSR count). The molecule has 1 aromatic heterocycles. The number of hydrogen-bond donors (Lipinski definition) is 2. The lowest BCUT2D eigenvalue weighted by Gasteiger charge is -2.26. The van der Waals surface area contributed by atoms with Crippen molar-refractivity contribution in [1.82, 2.24) is 20.0 Å². The van der Waals surface area contributed by atoms with Gasteiger partial charge in [-0.3, -0.25) is 14.3 Å². The lowest BCUT2D eigenvalue weighted by Crippen LogP contribution is -2.42. The number of hydrogen-bond acceptors (Lipinski definition) is 4. The maximum Gasteiger partial charge on any atom is 0.305 e. The number of nitrogens with one attached hydrogen (secondary N) is 1. The van der Waals surface area contributed by atoms with Crippen molar-refractivity contribution in [2.24, 2.45) is 0 Å². The standard InChI is InChI=1S/C20H36N4O3/c1-4-6-8-11-23(12-9-7-5-2)15-17(3)22-20(27)18-14-21-24(16-18)13-10-19(25)26/h14,16-17H,4-13,15H2,1-3H3,(H,22,27)(H,25,26). The van der Waals surface area contributed by atoms with E-state index < -0.39 is 5.97 Å². The fraction of sp³-hybridized carbons (Fsp3) is 0.750. The Hall–Kier alpha value is -1.89. The molecule has 0 saturated carbocycles. The zero-order chi connectivity index (χ0) is 20.1. The van der Waals surface area contributed by atoms with Gasteiger partial charge in [-0.15, -0.1) is 0 Å². The molecule has 0 aliphatic carbocycles. The van der Waals surface area contributed by atoms with Crippen molar-refractivity contribution < 1.29 is 14.7 Å². The second-order valence-electron chi connectivity index (χ2n) is 7.23.